The maximum atomic E-state index is 6.15. The van der Waals surface area contributed by atoms with Crippen LogP contribution in [-0.4, -0.2) is 14.7 Å². The topological polar surface area (TPSA) is 42.3 Å². The van der Waals surface area contributed by atoms with Crippen molar-refractivity contribution in [1.29, 1.82) is 0 Å². The lowest BCUT2D eigenvalue weighted by Crippen LogP contribution is -2.30. The van der Waals surface area contributed by atoms with Crippen molar-refractivity contribution in [3.05, 3.63) is 138 Å². The molecule has 6 heteroatoms. The summed E-state index contributed by atoms with van der Waals surface area (Å²) in [5.74, 6) is 1.63. The lowest BCUT2D eigenvalue weighted by molar-refractivity contribution is 0.479. The van der Waals surface area contributed by atoms with Crippen LogP contribution < -0.4 is 15.0 Å². The highest BCUT2D eigenvalue weighted by atomic mass is 32.1. The summed E-state index contributed by atoms with van der Waals surface area (Å²) >= 11 is 5.93. The first-order valence-electron chi connectivity index (χ1n) is 12.7. The molecule has 3 aromatic carbocycles. The van der Waals surface area contributed by atoms with Gasteiger partial charge in [0.05, 0.1) is 11.7 Å². The van der Waals surface area contributed by atoms with Gasteiger partial charge in [0.25, 0.3) is 0 Å². The number of thiocarbonyl (C=S) groups is 1. The standard InChI is InChI=1S/C32H28N4OS/c1-22-9-7-11-25(21-22)35-20-8-13-28(35)31-30(27-12-5-6-19-33-27)34-32(38)36(31)24-15-17-26(18-16-24)37-29-14-4-3-10-23(29)2/h3-21,30-31H,1-2H3,(H,34,38)/t30-,31-/m1/s1. The van der Waals surface area contributed by atoms with Crippen LogP contribution in [0.2, 0.25) is 0 Å². The fraction of sp³-hybridized carbons (Fsp3) is 0.125. The quantitative estimate of drug-likeness (QED) is 0.237. The van der Waals surface area contributed by atoms with Gasteiger partial charge in [-0.25, -0.2) is 0 Å². The SMILES string of the molecule is Cc1cccc(-n2cccc2[C@@H]2[C@@H](c3ccccn3)NC(=S)N2c2ccc(Oc3ccccc3C)cc2)c1. The third-order valence-electron chi connectivity index (χ3n) is 6.90. The number of hydrogen-bond donors (Lipinski definition) is 1. The molecule has 2 atom stereocenters. The van der Waals surface area contributed by atoms with Crippen LogP contribution in [0.5, 0.6) is 11.5 Å². The van der Waals surface area contributed by atoms with Crippen molar-refractivity contribution < 1.29 is 4.74 Å². The van der Waals surface area contributed by atoms with Crippen LogP contribution in [-0.2, 0) is 0 Å². The Bertz CT molecular complexity index is 1580. The van der Waals surface area contributed by atoms with Gasteiger partial charge in [0.1, 0.15) is 17.5 Å². The Hall–Kier alpha value is -4.42. The normalized spacial score (nSPS) is 16.9. The van der Waals surface area contributed by atoms with Gasteiger partial charge in [-0.15, -0.1) is 0 Å². The van der Waals surface area contributed by atoms with Crippen molar-refractivity contribution >= 4 is 23.0 Å². The van der Waals surface area contributed by atoms with Crippen molar-refractivity contribution in [1.82, 2.24) is 14.9 Å². The minimum atomic E-state index is -0.120. The van der Waals surface area contributed by atoms with E-state index < -0.39 is 0 Å². The van der Waals surface area contributed by atoms with Crippen LogP contribution in [0.25, 0.3) is 5.69 Å². The number of pyridine rings is 1. The molecule has 0 amide bonds. The van der Waals surface area contributed by atoms with Crippen LogP contribution in [0.1, 0.15) is 34.6 Å². The molecule has 1 N–H and O–H groups in total. The zero-order valence-electron chi connectivity index (χ0n) is 21.3. The largest absolute Gasteiger partial charge is 0.457 e. The van der Waals surface area contributed by atoms with E-state index in [9.17, 15) is 0 Å². The number of benzene rings is 3. The summed E-state index contributed by atoms with van der Waals surface area (Å²) in [6, 6.07) is 34.7. The van der Waals surface area contributed by atoms with Gasteiger partial charge >= 0.3 is 0 Å². The van der Waals surface area contributed by atoms with Crippen LogP contribution in [0.15, 0.2) is 116 Å². The Kier molecular flexibility index (Phi) is 6.40. The number of aromatic nitrogens is 2. The van der Waals surface area contributed by atoms with Gasteiger partial charge < -0.3 is 19.5 Å². The smallest absolute Gasteiger partial charge is 0.174 e. The number of hydrogen-bond acceptors (Lipinski definition) is 3. The maximum Gasteiger partial charge on any atom is 0.174 e. The van der Waals surface area contributed by atoms with Crippen molar-refractivity contribution in [2.24, 2.45) is 0 Å². The number of ether oxygens (including phenoxy) is 1. The second-order valence-corrected chi connectivity index (χ2v) is 9.89. The van der Waals surface area contributed by atoms with Crippen molar-refractivity contribution in [3.8, 4) is 17.2 Å². The third kappa shape index (κ3) is 4.55. The van der Waals surface area contributed by atoms with Crippen molar-refractivity contribution in [2.45, 2.75) is 25.9 Å². The molecule has 3 heterocycles. The molecule has 5 aromatic rings. The molecule has 0 aliphatic carbocycles. The number of nitrogens with zero attached hydrogens (tertiary/aromatic N) is 3. The Morgan fingerprint density at radius 1 is 0.816 bits per heavy atom. The highest BCUT2D eigenvalue weighted by molar-refractivity contribution is 7.80. The van der Waals surface area contributed by atoms with Crippen molar-refractivity contribution in [3.63, 3.8) is 0 Å². The molecular formula is C32H28N4OS. The number of nitrogens with one attached hydrogen (secondary N) is 1. The van der Waals surface area contributed by atoms with E-state index >= 15 is 0 Å². The van der Waals surface area contributed by atoms with E-state index in [4.69, 9.17) is 21.9 Å². The predicted molar refractivity (Wildman–Crippen MR) is 156 cm³/mol. The minimum absolute atomic E-state index is 0.115. The molecule has 0 spiro atoms. The Labute approximate surface area is 228 Å². The summed E-state index contributed by atoms with van der Waals surface area (Å²) < 4.78 is 8.39. The number of para-hydroxylation sites is 1. The molecule has 6 rings (SSSR count). The van der Waals surface area contributed by atoms with Gasteiger partial charge in [-0.2, -0.15) is 0 Å². The number of anilines is 1. The van der Waals surface area contributed by atoms with Gasteiger partial charge in [-0.05, 0) is 104 Å². The molecule has 188 valence electrons. The average Bonchev–Trinajstić information content (AvgIpc) is 3.55. The molecule has 2 aromatic heterocycles. The van der Waals surface area contributed by atoms with Gasteiger partial charge in [-0.1, -0.05) is 36.4 Å². The van der Waals surface area contributed by atoms with Gasteiger partial charge in [0.15, 0.2) is 5.11 Å². The second-order valence-electron chi connectivity index (χ2n) is 9.50. The van der Waals surface area contributed by atoms with Crippen LogP contribution in [0, 0.1) is 13.8 Å². The molecular weight excluding hydrogens is 488 g/mol. The Morgan fingerprint density at radius 3 is 2.39 bits per heavy atom. The molecule has 1 fully saturated rings. The molecule has 38 heavy (non-hydrogen) atoms. The summed E-state index contributed by atoms with van der Waals surface area (Å²) in [6.07, 6.45) is 3.94. The molecule has 0 bridgehead atoms. The van der Waals surface area contributed by atoms with Gasteiger partial charge in [0.2, 0.25) is 0 Å². The average molecular weight is 517 g/mol. The maximum absolute atomic E-state index is 6.15. The van der Waals surface area contributed by atoms with Crippen LogP contribution in [0.3, 0.4) is 0 Å². The first-order chi connectivity index (χ1) is 18.6. The molecule has 0 unspecified atom stereocenters. The zero-order valence-corrected chi connectivity index (χ0v) is 22.1. The van der Waals surface area contributed by atoms with E-state index in [1.54, 1.807) is 0 Å². The zero-order chi connectivity index (χ0) is 26.1. The third-order valence-corrected chi connectivity index (χ3v) is 7.21. The monoisotopic (exact) mass is 516 g/mol. The Morgan fingerprint density at radius 2 is 1.63 bits per heavy atom. The van der Waals surface area contributed by atoms with E-state index in [-0.39, 0.29) is 12.1 Å². The summed E-state index contributed by atoms with van der Waals surface area (Å²) in [5, 5.41) is 4.22. The molecule has 1 aliphatic rings. The lowest BCUT2D eigenvalue weighted by atomic mass is 10.0. The fourth-order valence-corrected chi connectivity index (χ4v) is 5.40. The molecule has 5 nitrogen and oxygen atoms in total. The lowest BCUT2D eigenvalue weighted by Gasteiger charge is -2.29. The summed E-state index contributed by atoms with van der Waals surface area (Å²) in [7, 11) is 0. The number of rotatable bonds is 6. The molecule has 0 radical (unpaired) electrons. The summed E-state index contributed by atoms with van der Waals surface area (Å²) in [6.45, 7) is 4.16. The first-order valence-corrected chi connectivity index (χ1v) is 13.1. The molecule has 0 saturated carbocycles. The fourth-order valence-electron chi connectivity index (χ4n) is 5.05. The molecule has 1 aliphatic heterocycles. The van der Waals surface area contributed by atoms with Crippen molar-refractivity contribution in [2.75, 3.05) is 4.90 Å². The molecule has 1 saturated heterocycles. The van der Waals surface area contributed by atoms with Crippen LogP contribution in [0.4, 0.5) is 5.69 Å². The van der Waals surface area contributed by atoms with Gasteiger partial charge in [0, 0.05) is 29.5 Å². The highest BCUT2D eigenvalue weighted by Gasteiger charge is 2.42. The second kappa shape index (κ2) is 10.1. The number of aryl methyl sites for hydroxylation is 2. The summed E-state index contributed by atoms with van der Waals surface area (Å²) in [5.41, 5.74) is 6.48. The first kappa shape index (κ1) is 23.9. The van der Waals surface area contributed by atoms with E-state index in [1.807, 2.05) is 61.7 Å². The van der Waals surface area contributed by atoms with Crippen LogP contribution >= 0.6 is 12.2 Å². The minimum Gasteiger partial charge on any atom is -0.457 e. The summed E-state index contributed by atoms with van der Waals surface area (Å²) in [4.78, 5) is 6.88. The highest BCUT2D eigenvalue weighted by Crippen LogP contribution is 2.42. The Balaban J connectivity index is 1.40. The van der Waals surface area contributed by atoms with E-state index in [2.05, 4.69) is 82.5 Å². The predicted octanol–water partition coefficient (Wildman–Crippen LogP) is 7.46. The van der Waals surface area contributed by atoms with E-state index in [1.165, 1.54) is 5.56 Å². The van der Waals surface area contributed by atoms with Gasteiger partial charge in [-0.3, -0.25) is 4.98 Å². The van der Waals surface area contributed by atoms with E-state index in [0.29, 0.717) is 5.11 Å². The van der Waals surface area contributed by atoms with E-state index in [0.717, 1.165) is 39.8 Å².